The van der Waals surface area contributed by atoms with E-state index in [4.69, 9.17) is 18.0 Å². The van der Waals surface area contributed by atoms with Crippen molar-refractivity contribution in [2.45, 2.75) is 19.8 Å². The summed E-state index contributed by atoms with van der Waals surface area (Å²) in [5, 5.41) is 3.45. The topological polar surface area (TPSA) is 54.2 Å². The first-order chi connectivity index (χ1) is 9.19. The molecule has 0 spiro atoms. The number of likely N-dealkylation sites (tertiary alicyclic amines) is 1. The first-order valence-electron chi connectivity index (χ1n) is 6.91. The smallest absolute Gasteiger partial charge is 0.122 e. The van der Waals surface area contributed by atoms with Gasteiger partial charge in [0.05, 0.1) is 17.6 Å². The van der Waals surface area contributed by atoms with Crippen molar-refractivity contribution in [1.29, 1.82) is 0 Å². The summed E-state index contributed by atoms with van der Waals surface area (Å²) in [5.74, 6) is 0.762. The van der Waals surface area contributed by atoms with Gasteiger partial charge >= 0.3 is 0 Å². The highest BCUT2D eigenvalue weighted by atomic mass is 32.1. The monoisotopic (exact) mass is 278 g/mol. The number of thiocarbonyl (C=S) groups is 1. The average Bonchev–Trinajstić information content (AvgIpc) is 2.46. The van der Waals surface area contributed by atoms with E-state index in [0.29, 0.717) is 10.7 Å². The molecule has 104 valence electrons. The predicted molar refractivity (Wildman–Crippen MR) is 83.5 cm³/mol. The number of aromatic nitrogens is 1. The highest BCUT2D eigenvalue weighted by Gasteiger charge is 2.17. The van der Waals surface area contributed by atoms with Crippen LogP contribution in [0.3, 0.4) is 0 Å². The maximum absolute atomic E-state index is 5.52. The van der Waals surface area contributed by atoms with Crippen LogP contribution in [-0.2, 0) is 0 Å². The quantitative estimate of drug-likeness (QED) is 0.805. The molecule has 0 unspecified atom stereocenters. The van der Waals surface area contributed by atoms with Crippen LogP contribution in [0.2, 0.25) is 0 Å². The lowest BCUT2D eigenvalue weighted by molar-refractivity contribution is 0.198. The highest BCUT2D eigenvalue weighted by molar-refractivity contribution is 7.80. The van der Waals surface area contributed by atoms with Crippen LogP contribution in [0.1, 0.15) is 25.5 Å². The maximum Gasteiger partial charge on any atom is 0.122 e. The number of pyridine rings is 1. The van der Waals surface area contributed by atoms with Crippen LogP contribution in [0, 0.1) is 5.92 Å². The summed E-state index contributed by atoms with van der Waals surface area (Å²) in [6.07, 6.45) is 4.36. The fourth-order valence-electron chi connectivity index (χ4n) is 2.41. The Morgan fingerprint density at radius 2 is 2.21 bits per heavy atom. The number of hydrogen-bond donors (Lipinski definition) is 2. The molecule has 0 radical (unpaired) electrons. The van der Waals surface area contributed by atoms with Crippen LogP contribution in [0.25, 0.3) is 0 Å². The van der Waals surface area contributed by atoms with Gasteiger partial charge in [-0.1, -0.05) is 19.1 Å². The van der Waals surface area contributed by atoms with Crippen LogP contribution in [0.15, 0.2) is 18.3 Å². The number of nitrogens with two attached hydrogens (primary N) is 1. The molecule has 0 amide bonds. The van der Waals surface area contributed by atoms with Gasteiger partial charge in [0.1, 0.15) is 4.99 Å². The van der Waals surface area contributed by atoms with Crippen molar-refractivity contribution in [2.24, 2.45) is 11.7 Å². The summed E-state index contributed by atoms with van der Waals surface area (Å²) in [6, 6.07) is 3.85. The molecule has 2 heterocycles. The van der Waals surface area contributed by atoms with Gasteiger partial charge in [0.15, 0.2) is 0 Å². The number of anilines is 1. The van der Waals surface area contributed by atoms with Crippen LogP contribution < -0.4 is 11.1 Å². The minimum atomic E-state index is 0.346. The molecular formula is C14H22N4S. The van der Waals surface area contributed by atoms with Gasteiger partial charge in [-0.15, -0.1) is 0 Å². The fourth-order valence-corrected chi connectivity index (χ4v) is 2.53. The second kappa shape index (κ2) is 6.82. The van der Waals surface area contributed by atoms with Gasteiger partial charge in [0, 0.05) is 6.54 Å². The van der Waals surface area contributed by atoms with Gasteiger partial charge < -0.3 is 16.0 Å². The molecule has 1 saturated heterocycles. The molecule has 1 aromatic rings. The Morgan fingerprint density at radius 3 is 2.74 bits per heavy atom. The molecule has 1 aliphatic rings. The molecule has 1 aromatic heterocycles. The molecule has 19 heavy (non-hydrogen) atoms. The first kappa shape index (κ1) is 14.2. The third kappa shape index (κ3) is 4.14. The Hall–Kier alpha value is -1.20. The number of piperidine rings is 1. The number of hydrogen-bond acceptors (Lipinski definition) is 4. The Kier molecular flexibility index (Phi) is 5.10. The maximum atomic E-state index is 5.52. The van der Waals surface area contributed by atoms with E-state index in [9.17, 15) is 0 Å². The molecule has 0 bridgehead atoms. The molecule has 0 atom stereocenters. The summed E-state index contributed by atoms with van der Waals surface area (Å²) < 4.78 is 0. The lowest BCUT2D eigenvalue weighted by Gasteiger charge is -2.31. The number of rotatable bonds is 5. The van der Waals surface area contributed by atoms with Crippen LogP contribution in [0.5, 0.6) is 0 Å². The van der Waals surface area contributed by atoms with Crippen molar-refractivity contribution in [1.82, 2.24) is 9.88 Å². The largest absolute Gasteiger partial charge is 0.388 e. The zero-order chi connectivity index (χ0) is 13.7. The van der Waals surface area contributed by atoms with E-state index in [1.54, 1.807) is 6.20 Å². The van der Waals surface area contributed by atoms with Gasteiger partial charge in [0.25, 0.3) is 0 Å². The average molecular weight is 278 g/mol. The van der Waals surface area contributed by atoms with Crippen molar-refractivity contribution in [3.05, 3.63) is 24.0 Å². The van der Waals surface area contributed by atoms with Gasteiger partial charge in [-0.2, -0.15) is 0 Å². The minimum absolute atomic E-state index is 0.346. The molecule has 5 heteroatoms. The van der Waals surface area contributed by atoms with Crippen LogP contribution in [-0.4, -0.2) is 41.1 Å². The fraction of sp³-hybridized carbons (Fsp3) is 0.571. The summed E-state index contributed by atoms with van der Waals surface area (Å²) in [6.45, 7) is 6.87. The minimum Gasteiger partial charge on any atom is -0.388 e. The Balaban J connectivity index is 1.78. The van der Waals surface area contributed by atoms with Crippen LogP contribution >= 0.6 is 12.2 Å². The SMILES string of the molecule is CCN1CCC(CNc2ccc(C(N)=S)nc2)CC1. The van der Waals surface area contributed by atoms with Crippen molar-refractivity contribution >= 4 is 22.9 Å². The summed E-state index contributed by atoms with van der Waals surface area (Å²) in [4.78, 5) is 7.09. The van der Waals surface area contributed by atoms with Gasteiger partial charge in [0.2, 0.25) is 0 Å². The van der Waals surface area contributed by atoms with Gasteiger partial charge in [-0.3, -0.25) is 4.98 Å². The zero-order valence-electron chi connectivity index (χ0n) is 11.4. The molecular weight excluding hydrogens is 256 g/mol. The molecule has 0 aliphatic carbocycles. The molecule has 3 N–H and O–H groups in total. The lowest BCUT2D eigenvalue weighted by Crippen LogP contribution is -2.35. The molecule has 0 aromatic carbocycles. The van der Waals surface area contributed by atoms with Crippen LogP contribution in [0.4, 0.5) is 5.69 Å². The standard InChI is InChI=1S/C14H22N4S/c1-2-18-7-5-11(6-8-18)9-16-12-3-4-13(14(15)19)17-10-12/h3-4,10-11,16H,2,5-9H2,1H3,(H2,15,19). The zero-order valence-corrected chi connectivity index (χ0v) is 12.2. The van der Waals surface area contributed by atoms with Gasteiger partial charge in [-0.05, 0) is 50.5 Å². The van der Waals surface area contributed by atoms with E-state index in [1.807, 2.05) is 12.1 Å². The second-order valence-corrected chi connectivity index (χ2v) is 5.49. The second-order valence-electron chi connectivity index (χ2n) is 5.05. The van der Waals surface area contributed by atoms with Crippen molar-refractivity contribution in [2.75, 3.05) is 31.5 Å². The molecule has 1 aliphatic heterocycles. The molecule has 2 rings (SSSR count). The molecule has 1 fully saturated rings. The highest BCUT2D eigenvalue weighted by Crippen LogP contribution is 2.17. The van der Waals surface area contributed by atoms with Crippen molar-refractivity contribution in [3.63, 3.8) is 0 Å². The van der Waals surface area contributed by atoms with E-state index in [2.05, 4.69) is 22.1 Å². The Morgan fingerprint density at radius 1 is 1.47 bits per heavy atom. The van der Waals surface area contributed by atoms with E-state index in [1.165, 1.54) is 32.5 Å². The van der Waals surface area contributed by atoms with E-state index < -0.39 is 0 Å². The van der Waals surface area contributed by atoms with Crippen molar-refractivity contribution < 1.29 is 0 Å². The lowest BCUT2D eigenvalue weighted by atomic mass is 9.97. The van der Waals surface area contributed by atoms with Gasteiger partial charge in [-0.25, -0.2) is 0 Å². The van der Waals surface area contributed by atoms with E-state index in [0.717, 1.165) is 18.2 Å². The van der Waals surface area contributed by atoms with E-state index in [-0.39, 0.29) is 0 Å². The number of nitrogens with one attached hydrogen (secondary N) is 1. The predicted octanol–water partition coefficient (Wildman–Crippen LogP) is 1.86. The third-order valence-corrected chi connectivity index (χ3v) is 3.97. The van der Waals surface area contributed by atoms with E-state index >= 15 is 0 Å². The summed E-state index contributed by atoms with van der Waals surface area (Å²) in [7, 11) is 0. The summed E-state index contributed by atoms with van der Waals surface area (Å²) in [5.41, 5.74) is 7.24. The third-order valence-electron chi connectivity index (χ3n) is 3.77. The molecule has 4 nitrogen and oxygen atoms in total. The summed E-state index contributed by atoms with van der Waals surface area (Å²) >= 11 is 4.89. The Labute approximate surface area is 120 Å². The molecule has 0 saturated carbocycles. The normalized spacial score (nSPS) is 17.3. The number of nitrogens with zero attached hydrogens (tertiary/aromatic N) is 2. The first-order valence-corrected chi connectivity index (χ1v) is 7.32. The Bertz CT molecular complexity index is 410. The van der Waals surface area contributed by atoms with Crippen molar-refractivity contribution in [3.8, 4) is 0 Å².